The Hall–Kier alpha value is -0.690. The predicted octanol–water partition coefficient (Wildman–Crippen LogP) is -0.352. The van der Waals surface area contributed by atoms with Crippen molar-refractivity contribution in [1.82, 2.24) is 4.90 Å². The molecule has 0 aromatic heterocycles. The van der Waals surface area contributed by atoms with E-state index in [2.05, 4.69) is 0 Å². The number of esters is 1. The molecule has 1 fully saturated rings. The normalized spacial score (nSPS) is 24.4. The van der Waals surface area contributed by atoms with Crippen LogP contribution in [0.15, 0.2) is 0 Å². The number of aliphatic hydroxyl groups is 1. The molecule has 2 unspecified atom stereocenters. The number of carbonyl (C=O) groups excluding carboxylic acids is 1. The second kappa shape index (κ2) is 8.42. The van der Waals surface area contributed by atoms with Crippen molar-refractivity contribution in [2.45, 2.75) is 25.0 Å². The summed E-state index contributed by atoms with van der Waals surface area (Å²) in [6, 6.07) is -0.316. The zero-order valence-electron chi connectivity index (χ0n) is 11.1. The lowest BCUT2D eigenvalue weighted by molar-refractivity contribution is -0.146. The highest BCUT2D eigenvalue weighted by molar-refractivity contribution is 5.76. The largest absolute Gasteiger partial charge is 0.468 e. The maximum atomic E-state index is 11.5. The molecule has 0 spiro atoms. The van der Waals surface area contributed by atoms with Gasteiger partial charge in [0.05, 0.1) is 26.4 Å². The van der Waals surface area contributed by atoms with Gasteiger partial charge in [0.25, 0.3) is 0 Å². The van der Waals surface area contributed by atoms with Crippen molar-refractivity contribution in [1.29, 1.82) is 0 Å². The highest BCUT2D eigenvalue weighted by atomic mass is 16.5. The van der Waals surface area contributed by atoms with E-state index in [0.29, 0.717) is 32.8 Å². The molecule has 0 aromatic rings. The lowest BCUT2D eigenvalue weighted by atomic mass is 10.2. The van der Waals surface area contributed by atoms with Gasteiger partial charge in [-0.05, 0) is 6.42 Å². The lowest BCUT2D eigenvalue weighted by Gasteiger charge is -2.21. The number of nitrogens with zero attached hydrogens (tertiary/aromatic N) is 1. The first-order chi connectivity index (χ1) is 8.69. The molecule has 1 rings (SSSR count). The maximum absolute atomic E-state index is 11.5. The minimum atomic E-state index is -0.441. The third-order valence-corrected chi connectivity index (χ3v) is 3.02. The van der Waals surface area contributed by atoms with E-state index >= 15 is 0 Å². The monoisotopic (exact) mass is 261 g/mol. The Morgan fingerprint density at radius 2 is 2.11 bits per heavy atom. The van der Waals surface area contributed by atoms with Crippen LogP contribution in [0.4, 0.5) is 0 Å². The summed E-state index contributed by atoms with van der Waals surface area (Å²) in [6.45, 7) is 3.05. The number of rotatable bonds is 8. The topological polar surface area (TPSA) is 68.2 Å². The van der Waals surface area contributed by atoms with E-state index < -0.39 is 6.10 Å². The van der Waals surface area contributed by atoms with Gasteiger partial charge in [0.15, 0.2) is 0 Å². The van der Waals surface area contributed by atoms with Crippen LogP contribution in [0.25, 0.3) is 0 Å². The standard InChI is InChI=1S/C12H23NO5/c1-16-6-7-18-5-3-4-13-9-10(14)8-11(13)12(15)17-2/h10-11,14H,3-9H2,1-2H3. The van der Waals surface area contributed by atoms with Crippen LogP contribution in [0, 0.1) is 0 Å². The minimum absolute atomic E-state index is 0.271. The number of aliphatic hydroxyl groups excluding tert-OH is 1. The van der Waals surface area contributed by atoms with Gasteiger partial charge in [-0.15, -0.1) is 0 Å². The highest BCUT2D eigenvalue weighted by Crippen LogP contribution is 2.19. The predicted molar refractivity (Wildman–Crippen MR) is 65.3 cm³/mol. The molecule has 1 heterocycles. The van der Waals surface area contributed by atoms with Crippen LogP contribution < -0.4 is 0 Å². The first-order valence-corrected chi connectivity index (χ1v) is 6.25. The number of carbonyl (C=O) groups is 1. The van der Waals surface area contributed by atoms with E-state index in [4.69, 9.17) is 14.2 Å². The summed E-state index contributed by atoms with van der Waals surface area (Å²) in [7, 11) is 3.01. The van der Waals surface area contributed by atoms with Crippen LogP contribution >= 0.6 is 0 Å². The van der Waals surface area contributed by atoms with E-state index in [0.717, 1.165) is 13.0 Å². The summed E-state index contributed by atoms with van der Waals surface area (Å²) < 4.78 is 15.0. The molecule has 1 aliphatic heterocycles. The first kappa shape index (κ1) is 15.4. The Morgan fingerprint density at radius 3 is 2.78 bits per heavy atom. The van der Waals surface area contributed by atoms with Crippen molar-refractivity contribution in [3.05, 3.63) is 0 Å². The van der Waals surface area contributed by atoms with E-state index in [1.807, 2.05) is 4.90 Å². The van der Waals surface area contributed by atoms with Crippen molar-refractivity contribution in [3.8, 4) is 0 Å². The molecule has 18 heavy (non-hydrogen) atoms. The molecule has 0 amide bonds. The number of hydrogen-bond donors (Lipinski definition) is 1. The lowest BCUT2D eigenvalue weighted by Crippen LogP contribution is -2.37. The van der Waals surface area contributed by atoms with E-state index in [9.17, 15) is 9.90 Å². The zero-order valence-corrected chi connectivity index (χ0v) is 11.1. The first-order valence-electron chi connectivity index (χ1n) is 6.25. The summed E-state index contributed by atoms with van der Waals surface area (Å²) in [5, 5.41) is 9.59. The van der Waals surface area contributed by atoms with Crippen LogP contribution in [0.3, 0.4) is 0 Å². The SMILES string of the molecule is COCCOCCCN1CC(O)CC1C(=O)OC. The number of likely N-dealkylation sites (tertiary alicyclic amines) is 1. The van der Waals surface area contributed by atoms with Gasteiger partial charge in [0.1, 0.15) is 6.04 Å². The number of hydrogen-bond acceptors (Lipinski definition) is 6. The van der Waals surface area contributed by atoms with Gasteiger partial charge < -0.3 is 19.3 Å². The van der Waals surface area contributed by atoms with Crippen molar-refractivity contribution in [2.75, 3.05) is 47.1 Å². The van der Waals surface area contributed by atoms with E-state index in [1.54, 1.807) is 7.11 Å². The Labute approximate surface area is 108 Å². The molecular weight excluding hydrogens is 238 g/mol. The van der Waals surface area contributed by atoms with Crippen LogP contribution in [0.1, 0.15) is 12.8 Å². The van der Waals surface area contributed by atoms with Crippen molar-refractivity contribution < 1.29 is 24.1 Å². The number of methoxy groups -OCH3 is 2. The average molecular weight is 261 g/mol. The molecule has 0 bridgehead atoms. The molecule has 0 aromatic carbocycles. The summed E-state index contributed by atoms with van der Waals surface area (Å²) in [5.41, 5.74) is 0. The van der Waals surface area contributed by atoms with Crippen LogP contribution in [0.2, 0.25) is 0 Å². The smallest absolute Gasteiger partial charge is 0.323 e. The fourth-order valence-electron chi connectivity index (χ4n) is 2.12. The average Bonchev–Trinajstić information content (AvgIpc) is 2.74. The Bertz CT molecular complexity index is 249. The van der Waals surface area contributed by atoms with Crippen LogP contribution in [0.5, 0.6) is 0 Å². The van der Waals surface area contributed by atoms with Gasteiger partial charge in [-0.1, -0.05) is 0 Å². The fraction of sp³-hybridized carbons (Fsp3) is 0.917. The van der Waals surface area contributed by atoms with Gasteiger partial charge in [-0.2, -0.15) is 0 Å². The Morgan fingerprint density at radius 1 is 1.33 bits per heavy atom. The Balaban J connectivity index is 2.21. The molecule has 6 heteroatoms. The van der Waals surface area contributed by atoms with E-state index in [1.165, 1.54) is 7.11 Å². The third-order valence-electron chi connectivity index (χ3n) is 3.02. The minimum Gasteiger partial charge on any atom is -0.468 e. The van der Waals surface area contributed by atoms with Crippen molar-refractivity contribution >= 4 is 5.97 Å². The summed E-state index contributed by atoms with van der Waals surface area (Å²) in [6.07, 6.45) is 0.838. The second-order valence-corrected chi connectivity index (χ2v) is 4.38. The molecule has 1 aliphatic rings. The number of ether oxygens (including phenoxy) is 3. The zero-order chi connectivity index (χ0) is 13.4. The van der Waals surface area contributed by atoms with Gasteiger partial charge in [-0.3, -0.25) is 9.69 Å². The second-order valence-electron chi connectivity index (χ2n) is 4.38. The Kier molecular flexibility index (Phi) is 7.19. The molecule has 0 aliphatic carbocycles. The molecular formula is C12H23NO5. The van der Waals surface area contributed by atoms with Crippen molar-refractivity contribution in [2.24, 2.45) is 0 Å². The molecule has 0 saturated carbocycles. The molecule has 106 valence electrons. The van der Waals surface area contributed by atoms with Gasteiger partial charge in [0.2, 0.25) is 0 Å². The van der Waals surface area contributed by atoms with Gasteiger partial charge in [0, 0.05) is 33.2 Å². The number of β-amino-alcohol motifs (C(OH)–C–C–N with tert-alkyl or cyclic N) is 1. The molecule has 1 saturated heterocycles. The molecule has 6 nitrogen and oxygen atoms in total. The van der Waals surface area contributed by atoms with Gasteiger partial charge in [-0.25, -0.2) is 0 Å². The van der Waals surface area contributed by atoms with Crippen molar-refractivity contribution in [3.63, 3.8) is 0 Å². The molecule has 1 N–H and O–H groups in total. The maximum Gasteiger partial charge on any atom is 0.323 e. The fourth-order valence-corrected chi connectivity index (χ4v) is 2.12. The molecule has 2 atom stereocenters. The summed E-state index contributed by atoms with van der Waals surface area (Å²) in [4.78, 5) is 13.5. The van der Waals surface area contributed by atoms with Crippen LogP contribution in [-0.2, 0) is 19.0 Å². The van der Waals surface area contributed by atoms with Crippen LogP contribution in [-0.4, -0.2) is 75.3 Å². The summed E-state index contributed by atoms with van der Waals surface area (Å²) >= 11 is 0. The highest BCUT2D eigenvalue weighted by Gasteiger charge is 2.36. The summed E-state index contributed by atoms with van der Waals surface area (Å²) in [5.74, 6) is -0.271. The molecule has 0 radical (unpaired) electrons. The third kappa shape index (κ3) is 4.89. The van der Waals surface area contributed by atoms with Gasteiger partial charge >= 0.3 is 5.97 Å². The quantitative estimate of drug-likeness (QED) is 0.476. The van der Waals surface area contributed by atoms with E-state index in [-0.39, 0.29) is 12.0 Å².